The SMILES string of the molecule is Cc1nonc1CC(=O)N1CCCC1c1ccc(-c2c(C)noc2C)cn1. The molecule has 1 atom stereocenters. The van der Waals surface area contributed by atoms with Crippen molar-refractivity contribution in [1.29, 1.82) is 0 Å². The van der Waals surface area contributed by atoms with Crippen LogP contribution in [0.5, 0.6) is 0 Å². The monoisotopic (exact) mass is 367 g/mol. The first-order chi connectivity index (χ1) is 13.0. The minimum Gasteiger partial charge on any atom is -0.361 e. The normalized spacial score (nSPS) is 16.9. The third-order valence-electron chi connectivity index (χ3n) is 5.09. The average Bonchev–Trinajstić information content (AvgIpc) is 3.37. The first kappa shape index (κ1) is 17.4. The molecule has 1 amide bonds. The second kappa shape index (κ2) is 6.94. The summed E-state index contributed by atoms with van der Waals surface area (Å²) in [4.78, 5) is 19.3. The molecular formula is C19H21N5O3. The lowest BCUT2D eigenvalue weighted by Gasteiger charge is -2.24. The van der Waals surface area contributed by atoms with Crippen molar-refractivity contribution in [2.24, 2.45) is 0 Å². The summed E-state index contributed by atoms with van der Waals surface area (Å²) in [7, 11) is 0. The van der Waals surface area contributed by atoms with E-state index in [1.807, 2.05) is 37.1 Å². The lowest BCUT2D eigenvalue weighted by molar-refractivity contribution is -0.131. The summed E-state index contributed by atoms with van der Waals surface area (Å²) < 4.78 is 9.93. The molecule has 0 spiro atoms. The molecule has 140 valence electrons. The fraction of sp³-hybridized carbons (Fsp3) is 0.421. The molecule has 4 rings (SSSR count). The number of likely N-dealkylation sites (tertiary alicyclic amines) is 1. The lowest BCUT2D eigenvalue weighted by Crippen LogP contribution is -2.32. The van der Waals surface area contributed by atoms with Crippen molar-refractivity contribution < 1.29 is 13.9 Å². The predicted molar refractivity (Wildman–Crippen MR) is 95.6 cm³/mol. The summed E-state index contributed by atoms with van der Waals surface area (Å²) in [5.41, 5.74) is 4.92. The van der Waals surface area contributed by atoms with Gasteiger partial charge in [-0.05, 0) is 39.7 Å². The van der Waals surface area contributed by atoms with Gasteiger partial charge in [0, 0.05) is 23.9 Å². The van der Waals surface area contributed by atoms with E-state index < -0.39 is 0 Å². The number of hydrogen-bond acceptors (Lipinski definition) is 7. The molecule has 0 aromatic carbocycles. The van der Waals surface area contributed by atoms with Crippen molar-refractivity contribution in [1.82, 2.24) is 25.4 Å². The molecule has 0 saturated carbocycles. The van der Waals surface area contributed by atoms with Gasteiger partial charge >= 0.3 is 0 Å². The summed E-state index contributed by atoms with van der Waals surface area (Å²) >= 11 is 0. The van der Waals surface area contributed by atoms with Crippen LogP contribution in [0.2, 0.25) is 0 Å². The van der Waals surface area contributed by atoms with Gasteiger partial charge in [0.1, 0.15) is 17.1 Å². The van der Waals surface area contributed by atoms with Gasteiger partial charge in [0.25, 0.3) is 0 Å². The van der Waals surface area contributed by atoms with Gasteiger partial charge in [-0.25, -0.2) is 4.63 Å². The van der Waals surface area contributed by atoms with E-state index in [2.05, 4.69) is 20.5 Å². The second-order valence-electron chi connectivity index (χ2n) is 6.89. The van der Waals surface area contributed by atoms with Crippen LogP contribution < -0.4 is 0 Å². The van der Waals surface area contributed by atoms with Crippen LogP contribution in [0.25, 0.3) is 11.1 Å². The van der Waals surface area contributed by atoms with Gasteiger partial charge in [0.05, 0.1) is 23.9 Å². The Morgan fingerprint density at radius 2 is 2.04 bits per heavy atom. The van der Waals surface area contributed by atoms with Crippen molar-refractivity contribution in [3.8, 4) is 11.1 Å². The highest BCUT2D eigenvalue weighted by Gasteiger charge is 2.31. The number of pyridine rings is 1. The maximum Gasteiger partial charge on any atom is 0.229 e. The number of aromatic nitrogens is 4. The Labute approximate surface area is 156 Å². The first-order valence-corrected chi connectivity index (χ1v) is 9.01. The van der Waals surface area contributed by atoms with Crippen LogP contribution in [-0.2, 0) is 11.2 Å². The predicted octanol–water partition coefficient (Wildman–Crippen LogP) is 2.95. The van der Waals surface area contributed by atoms with Crippen molar-refractivity contribution in [3.05, 3.63) is 46.9 Å². The zero-order valence-corrected chi connectivity index (χ0v) is 15.6. The molecule has 1 aliphatic heterocycles. The number of nitrogens with zero attached hydrogens (tertiary/aromatic N) is 5. The van der Waals surface area contributed by atoms with Gasteiger partial charge in [-0.2, -0.15) is 0 Å². The Hall–Kier alpha value is -3.03. The van der Waals surface area contributed by atoms with Gasteiger partial charge in [0.2, 0.25) is 5.91 Å². The van der Waals surface area contributed by atoms with Crippen molar-refractivity contribution in [2.45, 2.75) is 46.1 Å². The smallest absolute Gasteiger partial charge is 0.229 e. The Balaban J connectivity index is 1.53. The van der Waals surface area contributed by atoms with Crippen LogP contribution in [0, 0.1) is 20.8 Å². The molecule has 0 bridgehead atoms. The molecule has 1 aliphatic rings. The molecule has 3 aromatic heterocycles. The zero-order chi connectivity index (χ0) is 19.0. The fourth-order valence-electron chi connectivity index (χ4n) is 3.67. The van der Waals surface area contributed by atoms with Gasteiger partial charge in [0.15, 0.2) is 0 Å². The van der Waals surface area contributed by atoms with Crippen LogP contribution >= 0.6 is 0 Å². The van der Waals surface area contributed by atoms with Gasteiger partial charge in [-0.3, -0.25) is 9.78 Å². The molecule has 4 heterocycles. The van der Waals surface area contributed by atoms with Crippen molar-refractivity contribution in [3.63, 3.8) is 0 Å². The zero-order valence-electron chi connectivity index (χ0n) is 15.6. The Bertz CT molecular complexity index is 941. The van der Waals surface area contributed by atoms with E-state index in [9.17, 15) is 4.79 Å². The molecule has 1 saturated heterocycles. The summed E-state index contributed by atoms with van der Waals surface area (Å²) in [6, 6.07) is 3.98. The highest BCUT2D eigenvalue weighted by Crippen LogP contribution is 2.33. The van der Waals surface area contributed by atoms with Crippen LogP contribution in [0.15, 0.2) is 27.5 Å². The summed E-state index contributed by atoms with van der Waals surface area (Å²) in [5, 5.41) is 11.6. The van der Waals surface area contributed by atoms with Gasteiger partial charge in [-0.1, -0.05) is 21.5 Å². The van der Waals surface area contributed by atoms with Gasteiger partial charge in [-0.15, -0.1) is 0 Å². The molecule has 3 aromatic rings. The number of rotatable bonds is 4. The number of amides is 1. The van der Waals surface area contributed by atoms with E-state index in [4.69, 9.17) is 9.15 Å². The molecule has 8 nitrogen and oxygen atoms in total. The lowest BCUT2D eigenvalue weighted by atomic mass is 10.0. The van der Waals surface area contributed by atoms with Crippen LogP contribution in [-0.4, -0.2) is 37.8 Å². The van der Waals surface area contributed by atoms with Crippen molar-refractivity contribution in [2.75, 3.05) is 6.54 Å². The molecular weight excluding hydrogens is 346 g/mol. The standard InChI is InChI=1S/C19H21N5O3/c1-11-16(23-27-22-11)9-18(25)24-8-4-5-17(24)15-7-6-14(10-20-15)19-12(2)21-26-13(19)3/h6-7,10,17H,4-5,8-9H2,1-3H3. The highest BCUT2D eigenvalue weighted by atomic mass is 16.6. The Morgan fingerprint density at radius 1 is 1.19 bits per heavy atom. The van der Waals surface area contributed by atoms with Gasteiger partial charge < -0.3 is 9.42 Å². The van der Waals surface area contributed by atoms with Crippen LogP contribution in [0.4, 0.5) is 0 Å². The summed E-state index contributed by atoms with van der Waals surface area (Å²) in [6.45, 7) is 6.32. The van der Waals surface area contributed by atoms with Crippen molar-refractivity contribution >= 4 is 5.91 Å². The minimum atomic E-state index is -0.0172. The maximum absolute atomic E-state index is 12.8. The van der Waals surface area contributed by atoms with Crippen LogP contribution in [0.1, 0.15) is 47.4 Å². The van der Waals surface area contributed by atoms with Crippen LogP contribution in [0.3, 0.4) is 0 Å². The number of hydrogen-bond donors (Lipinski definition) is 0. The van der Waals surface area contributed by atoms with E-state index in [0.29, 0.717) is 11.4 Å². The molecule has 0 aliphatic carbocycles. The topological polar surface area (TPSA) is 98.2 Å². The fourth-order valence-corrected chi connectivity index (χ4v) is 3.67. The highest BCUT2D eigenvalue weighted by molar-refractivity contribution is 5.79. The second-order valence-corrected chi connectivity index (χ2v) is 6.89. The number of aryl methyl sites for hydroxylation is 3. The largest absolute Gasteiger partial charge is 0.361 e. The van der Waals surface area contributed by atoms with E-state index in [1.54, 1.807) is 6.92 Å². The minimum absolute atomic E-state index is 0.0172. The summed E-state index contributed by atoms with van der Waals surface area (Å²) in [6.07, 6.45) is 3.89. The third-order valence-corrected chi connectivity index (χ3v) is 5.09. The quantitative estimate of drug-likeness (QED) is 0.699. The van der Waals surface area contributed by atoms with E-state index in [0.717, 1.165) is 47.7 Å². The summed E-state index contributed by atoms with van der Waals surface area (Å²) in [5.74, 6) is 0.796. The Kier molecular flexibility index (Phi) is 4.47. The van der Waals surface area contributed by atoms with E-state index in [1.165, 1.54) is 0 Å². The average molecular weight is 367 g/mol. The molecule has 1 fully saturated rings. The van der Waals surface area contributed by atoms with E-state index >= 15 is 0 Å². The molecule has 1 unspecified atom stereocenters. The number of carbonyl (C=O) groups excluding carboxylic acids is 1. The molecule has 27 heavy (non-hydrogen) atoms. The maximum atomic E-state index is 12.8. The molecule has 0 N–H and O–H groups in total. The third kappa shape index (κ3) is 3.22. The first-order valence-electron chi connectivity index (χ1n) is 9.01. The molecule has 0 radical (unpaired) electrons. The van der Waals surface area contributed by atoms with E-state index in [-0.39, 0.29) is 18.4 Å². The number of carbonyl (C=O) groups is 1. The Morgan fingerprint density at radius 3 is 2.67 bits per heavy atom. The molecule has 8 heteroatoms.